The van der Waals surface area contributed by atoms with Gasteiger partial charge in [-0.1, -0.05) is 49.6 Å². The maximum atomic E-state index is 12.5. The minimum atomic E-state index is -0.0536. The largest absolute Gasteiger partial charge is 0.340 e. The summed E-state index contributed by atoms with van der Waals surface area (Å²) in [4.78, 5) is 17.3. The first-order chi connectivity index (χ1) is 11.6. The summed E-state index contributed by atoms with van der Waals surface area (Å²) in [7, 11) is 0. The van der Waals surface area contributed by atoms with Crippen molar-refractivity contribution in [1.82, 2.24) is 9.80 Å². The smallest absolute Gasteiger partial charge is 0.224 e. The summed E-state index contributed by atoms with van der Waals surface area (Å²) in [6, 6.07) is 10.7. The van der Waals surface area contributed by atoms with Crippen molar-refractivity contribution in [3.05, 3.63) is 35.9 Å². The van der Waals surface area contributed by atoms with Gasteiger partial charge in [0, 0.05) is 44.2 Å². The third-order valence-corrected chi connectivity index (χ3v) is 5.65. The van der Waals surface area contributed by atoms with E-state index in [0.717, 1.165) is 26.2 Å². The Morgan fingerprint density at radius 3 is 2.54 bits per heavy atom. The number of hydrogen-bond acceptors (Lipinski definition) is 3. The molecule has 132 valence electrons. The minimum absolute atomic E-state index is 0.0536. The second kappa shape index (κ2) is 7.66. The lowest BCUT2D eigenvalue weighted by atomic mass is 9.78. The fraction of sp³-hybridized carbons (Fsp3) is 0.650. The zero-order valence-corrected chi connectivity index (χ0v) is 14.9. The van der Waals surface area contributed by atoms with Crippen LogP contribution in [-0.2, 0) is 11.3 Å². The Morgan fingerprint density at radius 1 is 1.17 bits per heavy atom. The fourth-order valence-corrected chi connectivity index (χ4v) is 4.37. The van der Waals surface area contributed by atoms with Crippen molar-refractivity contribution < 1.29 is 4.79 Å². The molecule has 1 amide bonds. The van der Waals surface area contributed by atoms with E-state index in [9.17, 15) is 4.79 Å². The molecule has 4 heteroatoms. The van der Waals surface area contributed by atoms with Crippen LogP contribution in [0.3, 0.4) is 0 Å². The zero-order chi connectivity index (χ0) is 17.0. The molecule has 2 fully saturated rings. The summed E-state index contributed by atoms with van der Waals surface area (Å²) in [6.45, 7) is 5.60. The zero-order valence-electron chi connectivity index (χ0n) is 14.9. The minimum Gasteiger partial charge on any atom is -0.340 e. The molecular formula is C20H31N3O. The van der Waals surface area contributed by atoms with Crippen LogP contribution in [0, 0.1) is 0 Å². The summed E-state index contributed by atoms with van der Waals surface area (Å²) >= 11 is 0. The van der Waals surface area contributed by atoms with Gasteiger partial charge in [0.2, 0.25) is 5.91 Å². The first kappa shape index (κ1) is 17.4. The number of rotatable bonds is 4. The van der Waals surface area contributed by atoms with E-state index in [1.807, 2.05) is 6.92 Å². The van der Waals surface area contributed by atoms with Crippen molar-refractivity contribution in [2.24, 2.45) is 5.73 Å². The molecule has 1 heterocycles. The van der Waals surface area contributed by atoms with Gasteiger partial charge in [0.25, 0.3) is 0 Å². The third-order valence-electron chi connectivity index (χ3n) is 5.65. The van der Waals surface area contributed by atoms with Gasteiger partial charge in [0.1, 0.15) is 0 Å². The van der Waals surface area contributed by atoms with Gasteiger partial charge >= 0.3 is 0 Å². The Morgan fingerprint density at radius 2 is 1.88 bits per heavy atom. The Balaban J connectivity index is 1.74. The fourth-order valence-electron chi connectivity index (χ4n) is 4.37. The molecule has 3 rings (SSSR count). The van der Waals surface area contributed by atoms with E-state index in [1.165, 1.54) is 37.7 Å². The lowest BCUT2D eigenvalue weighted by Gasteiger charge is -2.53. The molecule has 24 heavy (non-hydrogen) atoms. The highest BCUT2D eigenvalue weighted by atomic mass is 16.2. The highest BCUT2D eigenvalue weighted by Crippen LogP contribution is 2.37. The van der Waals surface area contributed by atoms with Crippen molar-refractivity contribution in [3.63, 3.8) is 0 Å². The van der Waals surface area contributed by atoms with Gasteiger partial charge in [0.15, 0.2) is 0 Å². The van der Waals surface area contributed by atoms with Gasteiger partial charge in [-0.05, 0) is 25.3 Å². The monoisotopic (exact) mass is 329 g/mol. The standard InChI is InChI=1S/C20H31N3O/c1-17(21)14-19(24)22-12-13-23(15-18-8-4-2-5-9-18)20(16-22)10-6-3-7-11-20/h2,4-5,8-9,17H,3,6-7,10-16,21H2,1H3. The number of benzene rings is 1. The predicted octanol–water partition coefficient (Wildman–Crippen LogP) is 2.77. The first-order valence-corrected chi connectivity index (χ1v) is 9.41. The molecule has 0 radical (unpaired) electrons. The maximum Gasteiger partial charge on any atom is 0.224 e. The van der Waals surface area contributed by atoms with Crippen molar-refractivity contribution >= 4 is 5.91 Å². The molecule has 1 unspecified atom stereocenters. The molecule has 1 atom stereocenters. The van der Waals surface area contributed by atoms with Crippen LogP contribution in [-0.4, -0.2) is 46.9 Å². The van der Waals surface area contributed by atoms with E-state index in [4.69, 9.17) is 5.73 Å². The van der Waals surface area contributed by atoms with Gasteiger partial charge in [0.05, 0.1) is 0 Å². The second-order valence-corrected chi connectivity index (χ2v) is 7.69. The average Bonchev–Trinajstić information content (AvgIpc) is 2.58. The van der Waals surface area contributed by atoms with Crippen molar-refractivity contribution in [2.45, 2.75) is 63.6 Å². The molecule has 2 aliphatic rings. The highest BCUT2D eigenvalue weighted by Gasteiger charge is 2.43. The van der Waals surface area contributed by atoms with Gasteiger partial charge in [-0.25, -0.2) is 0 Å². The number of carbonyl (C=O) groups is 1. The predicted molar refractivity (Wildman–Crippen MR) is 97.5 cm³/mol. The number of carbonyl (C=O) groups excluding carboxylic acids is 1. The van der Waals surface area contributed by atoms with Gasteiger partial charge in [-0.15, -0.1) is 0 Å². The number of amides is 1. The quantitative estimate of drug-likeness (QED) is 0.924. The van der Waals surface area contributed by atoms with Crippen LogP contribution in [0.5, 0.6) is 0 Å². The summed E-state index contributed by atoms with van der Waals surface area (Å²) in [5.74, 6) is 0.231. The number of nitrogens with zero attached hydrogens (tertiary/aromatic N) is 2. The lowest BCUT2D eigenvalue weighted by Crippen LogP contribution is -2.63. The summed E-state index contributed by atoms with van der Waals surface area (Å²) in [5.41, 5.74) is 7.38. The van der Waals surface area contributed by atoms with E-state index >= 15 is 0 Å². The highest BCUT2D eigenvalue weighted by molar-refractivity contribution is 5.77. The van der Waals surface area contributed by atoms with E-state index < -0.39 is 0 Å². The maximum absolute atomic E-state index is 12.5. The van der Waals surface area contributed by atoms with Crippen LogP contribution in [0.15, 0.2) is 30.3 Å². The van der Waals surface area contributed by atoms with Gasteiger partial charge in [-0.3, -0.25) is 9.69 Å². The number of piperazine rings is 1. The van der Waals surface area contributed by atoms with Crippen LogP contribution < -0.4 is 5.73 Å². The Labute approximate surface area is 146 Å². The molecule has 1 aromatic carbocycles. The summed E-state index contributed by atoms with van der Waals surface area (Å²) in [6.07, 6.45) is 6.77. The molecule has 0 bridgehead atoms. The molecule has 2 N–H and O–H groups in total. The molecule has 1 aliphatic carbocycles. The van der Waals surface area contributed by atoms with E-state index in [2.05, 4.69) is 40.1 Å². The molecule has 1 spiro atoms. The first-order valence-electron chi connectivity index (χ1n) is 9.41. The summed E-state index contributed by atoms with van der Waals surface area (Å²) in [5, 5.41) is 0. The molecule has 1 saturated heterocycles. The van der Waals surface area contributed by atoms with Crippen molar-refractivity contribution in [2.75, 3.05) is 19.6 Å². The molecule has 1 aliphatic heterocycles. The Bertz CT molecular complexity index is 537. The van der Waals surface area contributed by atoms with Crippen LogP contribution in [0.25, 0.3) is 0 Å². The molecule has 1 aromatic rings. The Kier molecular flexibility index (Phi) is 5.57. The summed E-state index contributed by atoms with van der Waals surface area (Å²) < 4.78 is 0. The van der Waals surface area contributed by atoms with Crippen LogP contribution in [0.1, 0.15) is 51.0 Å². The SMILES string of the molecule is CC(N)CC(=O)N1CCN(Cc2ccccc2)C2(CCCCC2)C1. The van der Waals surface area contributed by atoms with Gasteiger partial charge in [-0.2, -0.15) is 0 Å². The normalized spacial score (nSPS) is 22.5. The molecule has 0 aromatic heterocycles. The topological polar surface area (TPSA) is 49.6 Å². The third kappa shape index (κ3) is 3.98. The number of hydrogen-bond donors (Lipinski definition) is 1. The van der Waals surface area contributed by atoms with Crippen LogP contribution in [0.2, 0.25) is 0 Å². The van der Waals surface area contributed by atoms with Crippen molar-refractivity contribution in [1.29, 1.82) is 0 Å². The van der Waals surface area contributed by atoms with E-state index in [0.29, 0.717) is 6.42 Å². The number of nitrogens with two attached hydrogens (primary N) is 1. The lowest BCUT2D eigenvalue weighted by molar-refractivity contribution is -0.139. The Hall–Kier alpha value is -1.39. The van der Waals surface area contributed by atoms with E-state index in [1.54, 1.807) is 0 Å². The van der Waals surface area contributed by atoms with Crippen LogP contribution in [0.4, 0.5) is 0 Å². The van der Waals surface area contributed by atoms with Gasteiger partial charge < -0.3 is 10.6 Å². The molecular weight excluding hydrogens is 298 g/mol. The van der Waals surface area contributed by atoms with E-state index in [-0.39, 0.29) is 17.5 Å². The van der Waals surface area contributed by atoms with Crippen LogP contribution >= 0.6 is 0 Å². The van der Waals surface area contributed by atoms with Crippen molar-refractivity contribution in [3.8, 4) is 0 Å². The second-order valence-electron chi connectivity index (χ2n) is 7.69. The molecule has 1 saturated carbocycles. The molecule has 4 nitrogen and oxygen atoms in total. The average molecular weight is 329 g/mol.